The molecule has 1 unspecified atom stereocenters. The van der Waals surface area contributed by atoms with Crippen molar-refractivity contribution in [1.82, 2.24) is 19.7 Å². The van der Waals surface area contributed by atoms with Gasteiger partial charge in [-0.3, -0.25) is 9.69 Å². The Labute approximate surface area is 296 Å². The molecule has 0 fully saturated rings. The summed E-state index contributed by atoms with van der Waals surface area (Å²) in [5.74, 6) is 2.35. The normalized spacial score (nSPS) is 14.8. The summed E-state index contributed by atoms with van der Waals surface area (Å²) in [4.78, 5) is 32.5. The Morgan fingerprint density at radius 2 is 1.58 bits per heavy atom. The summed E-state index contributed by atoms with van der Waals surface area (Å²) in [6, 6.07) is 34.9. The van der Waals surface area contributed by atoms with Crippen LogP contribution in [-0.4, -0.2) is 25.7 Å². The highest BCUT2D eigenvalue weighted by atomic mass is 35.5. The van der Waals surface area contributed by atoms with Gasteiger partial charge in [-0.15, -0.1) is 0 Å². The van der Waals surface area contributed by atoms with Gasteiger partial charge in [-0.2, -0.15) is 10.1 Å². The van der Waals surface area contributed by atoms with Gasteiger partial charge in [-0.25, -0.2) is 14.6 Å². The number of nitrogens with zero attached hydrogens (tertiary/aromatic N) is 7. The van der Waals surface area contributed by atoms with Crippen molar-refractivity contribution in [3.8, 4) is 5.69 Å². The van der Waals surface area contributed by atoms with E-state index in [1.807, 2.05) is 78.3 Å². The molecule has 3 aromatic heterocycles. The summed E-state index contributed by atoms with van der Waals surface area (Å²) >= 11 is 8.02. The number of aryl methyl sites for hydroxylation is 1. The minimum Gasteiger partial charge on any atom is -0.458 e. The van der Waals surface area contributed by atoms with Crippen molar-refractivity contribution >= 4 is 57.5 Å². The topological polar surface area (TPSA) is 92.6 Å². The van der Waals surface area contributed by atoms with Gasteiger partial charge in [0.15, 0.2) is 16.4 Å². The van der Waals surface area contributed by atoms with E-state index in [0.717, 1.165) is 45.4 Å². The zero-order valence-electron chi connectivity index (χ0n) is 26.8. The summed E-state index contributed by atoms with van der Waals surface area (Å²) in [5, 5.41) is 6.51. The molecule has 0 amide bonds. The molecule has 5 heterocycles. The van der Waals surface area contributed by atoms with E-state index in [-0.39, 0.29) is 5.43 Å². The van der Waals surface area contributed by atoms with Gasteiger partial charge in [0.2, 0.25) is 5.96 Å². The van der Waals surface area contributed by atoms with Crippen LogP contribution in [0.4, 0.5) is 17.2 Å². The van der Waals surface area contributed by atoms with Crippen molar-refractivity contribution in [3.63, 3.8) is 0 Å². The lowest BCUT2D eigenvalue weighted by atomic mass is 9.99. The van der Waals surface area contributed by atoms with E-state index in [9.17, 15) is 4.79 Å². The second-order valence-electron chi connectivity index (χ2n) is 12.1. The number of guanidine groups is 1. The monoisotopic (exact) mass is 693 g/mol. The molecule has 9 nitrogen and oxygen atoms in total. The maximum Gasteiger partial charge on any atom is 0.213 e. The molecule has 244 valence electrons. The molecular formula is C39H28ClN7O2S. The molecular weight excluding hydrogens is 666 g/mol. The number of halogens is 1. The molecule has 50 heavy (non-hydrogen) atoms. The van der Waals surface area contributed by atoms with Crippen molar-refractivity contribution in [2.45, 2.75) is 30.4 Å². The minimum absolute atomic E-state index is 0.182. The molecule has 7 aromatic rings. The minimum atomic E-state index is -0.553. The van der Waals surface area contributed by atoms with Gasteiger partial charge in [0.05, 0.1) is 40.3 Å². The highest BCUT2D eigenvalue weighted by Crippen LogP contribution is 2.51. The number of fused-ring (bicyclic) bond motifs is 5. The van der Waals surface area contributed by atoms with Crippen molar-refractivity contribution in [3.05, 3.63) is 165 Å². The van der Waals surface area contributed by atoms with E-state index in [4.69, 9.17) is 26.1 Å². The zero-order chi connectivity index (χ0) is 33.8. The number of benzene rings is 4. The second kappa shape index (κ2) is 12.3. The zero-order valence-corrected chi connectivity index (χ0v) is 28.3. The number of rotatable bonds is 7. The first-order valence-electron chi connectivity index (χ1n) is 16.1. The summed E-state index contributed by atoms with van der Waals surface area (Å²) in [5.41, 5.74) is 6.71. The van der Waals surface area contributed by atoms with Gasteiger partial charge in [0.25, 0.3) is 0 Å². The molecule has 2 aliphatic heterocycles. The lowest BCUT2D eigenvalue weighted by molar-refractivity contribution is 0.507. The summed E-state index contributed by atoms with van der Waals surface area (Å²) in [7, 11) is 0. The van der Waals surface area contributed by atoms with Gasteiger partial charge >= 0.3 is 0 Å². The number of para-hydroxylation sites is 3. The molecule has 9 rings (SSSR count). The highest BCUT2D eigenvalue weighted by molar-refractivity contribution is 7.98. The molecule has 0 bridgehead atoms. The van der Waals surface area contributed by atoms with Gasteiger partial charge in [0.1, 0.15) is 17.4 Å². The van der Waals surface area contributed by atoms with Crippen LogP contribution < -0.4 is 15.2 Å². The van der Waals surface area contributed by atoms with E-state index in [2.05, 4.69) is 44.0 Å². The van der Waals surface area contributed by atoms with Crippen LogP contribution in [0.3, 0.4) is 0 Å². The lowest BCUT2D eigenvalue weighted by Gasteiger charge is -2.34. The van der Waals surface area contributed by atoms with Crippen LogP contribution in [0, 0.1) is 6.92 Å². The Hall–Kier alpha value is -5.71. The van der Waals surface area contributed by atoms with Crippen LogP contribution in [0.25, 0.3) is 16.7 Å². The predicted octanol–water partition coefficient (Wildman–Crippen LogP) is 8.64. The summed E-state index contributed by atoms with van der Waals surface area (Å²) < 4.78 is 8.78. The largest absolute Gasteiger partial charge is 0.458 e. The van der Waals surface area contributed by atoms with Gasteiger partial charge in [0, 0.05) is 34.8 Å². The number of aromatic nitrogens is 4. The van der Waals surface area contributed by atoms with E-state index >= 15 is 0 Å². The molecule has 0 radical (unpaired) electrons. The Kier molecular flexibility index (Phi) is 7.48. The molecule has 2 aliphatic rings. The van der Waals surface area contributed by atoms with Crippen molar-refractivity contribution in [2.24, 2.45) is 4.99 Å². The van der Waals surface area contributed by atoms with Crippen LogP contribution in [0.5, 0.6) is 0 Å². The first-order valence-corrected chi connectivity index (χ1v) is 17.5. The molecule has 11 heteroatoms. The summed E-state index contributed by atoms with van der Waals surface area (Å²) in [6.45, 7) is 2.58. The number of anilines is 2. The van der Waals surface area contributed by atoms with Gasteiger partial charge in [-0.1, -0.05) is 84.0 Å². The number of hydrogen-bond acceptors (Lipinski definition) is 9. The molecule has 1 atom stereocenters. The van der Waals surface area contributed by atoms with Crippen LogP contribution in [0.15, 0.2) is 141 Å². The standard InChI is InChI=1S/C39H28ClN7O2S/c1-24-34-35(33-21-32(48)29-20-27(40)19-26(36(29)49-33)23-50-38-41-17-10-18-42-38)46-31-16-9-8-15-30(31)45(22-25-11-4-2-5-12-25)39(46)43-37(34)47(44-24)28-13-6-3-7-14-28/h2-21,35H,22-23H2,1H3. The fourth-order valence-corrected chi connectivity index (χ4v) is 7.79. The van der Waals surface area contributed by atoms with Gasteiger partial charge < -0.3 is 9.32 Å². The predicted molar refractivity (Wildman–Crippen MR) is 198 cm³/mol. The third-order valence-electron chi connectivity index (χ3n) is 8.95. The summed E-state index contributed by atoms with van der Waals surface area (Å²) in [6.07, 6.45) is 3.41. The van der Waals surface area contributed by atoms with E-state index in [1.165, 1.54) is 11.8 Å². The molecule has 0 spiro atoms. The van der Waals surface area contributed by atoms with Crippen LogP contribution in [-0.2, 0) is 12.3 Å². The van der Waals surface area contributed by atoms with Crippen molar-refractivity contribution < 1.29 is 4.42 Å². The Bertz CT molecular complexity index is 2490. The smallest absolute Gasteiger partial charge is 0.213 e. The Morgan fingerprint density at radius 3 is 2.36 bits per heavy atom. The molecule has 0 N–H and O–H groups in total. The number of thioether (sulfide) groups is 1. The number of hydrogen-bond donors (Lipinski definition) is 0. The highest BCUT2D eigenvalue weighted by Gasteiger charge is 2.45. The number of aliphatic imine (C=N–C) groups is 1. The van der Waals surface area contributed by atoms with E-state index in [0.29, 0.717) is 45.0 Å². The lowest BCUT2D eigenvalue weighted by Crippen LogP contribution is -2.43. The average molecular weight is 694 g/mol. The maximum absolute atomic E-state index is 14.1. The molecule has 4 aromatic carbocycles. The van der Waals surface area contributed by atoms with Crippen molar-refractivity contribution in [1.29, 1.82) is 0 Å². The maximum atomic E-state index is 14.1. The molecule has 0 aliphatic carbocycles. The van der Waals surface area contributed by atoms with Crippen molar-refractivity contribution in [2.75, 3.05) is 9.80 Å². The first-order chi connectivity index (χ1) is 24.5. The third-order valence-corrected chi connectivity index (χ3v) is 10.1. The fraction of sp³-hybridized carbons (Fsp3) is 0.103. The van der Waals surface area contributed by atoms with Crippen LogP contribution >= 0.6 is 23.4 Å². The Balaban J connectivity index is 1.26. The van der Waals surface area contributed by atoms with Crippen LogP contribution in [0.1, 0.15) is 34.2 Å². The SMILES string of the molecule is Cc1nn(-c2ccccc2)c2c1C(c1cc(=O)c3cc(Cl)cc(CSc4ncccn4)c3o1)N1C(=N2)N(Cc2ccccc2)c2ccccc21. The molecule has 0 saturated heterocycles. The van der Waals surface area contributed by atoms with E-state index < -0.39 is 6.04 Å². The Morgan fingerprint density at radius 1 is 0.860 bits per heavy atom. The molecule has 0 saturated carbocycles. The third kappa shape index (κ3) is 5.15. The van der Waals surface area contributed by atoms with Gasteiger partial charge in [-0.05, 0) is 55.0 Å². The first kappa shape index (κ1) is 30.4. The average Bonchev–Trinajstić information content (AvgIpc) is 3.65. The quantitative estimate of drug-likeness (QED) is 0.121. The van der Waals surface area contributed by atoms with E-state index in [1.54, 1.807) is 30.6 Å². The second-order valence-corrected chi connectivity index (χ2v) is 13.5. The fourth-order valence-electron chi connectivity index (χ4n) is 6.78. The van der Waals surface area contributed by atoms with Crippen LogP contribution in [0.2, 0.25) is 5.02 Å².